The van der Waals surface area contributed by atoms with Gasteiger partial charge in [0.25, 0.3) is 0 Å². The maximum Gasteiger partial charge on any atom is 0.305 e. The summed E-state index contributed by atoms with van der Waals surface area (Å²) >= 11 is 0. The standard InChI is InChI=1S/C22H32FN5O5S/c1-16-11-24-17(2)14-33-22(29)5-4-10-28-12-19(25-26-28)15-32-21(16)13-27(3)34(30,31)20-8-6-18(23)7-9-20/h6-9,12,16-17,21,24H,4-5,10-11,13-15H2,1-3H3/t16-,17-,21-/m1/s1. The average Bonchev–Trinajstić information content (AvgIpc) is 3.26. The lowest BCUT2D eigenvalue weighted by Crippen LogP contribution is -2.43. The molecule has 0 unspecified atom stereocenters. The van der Waals surface area contributed by atoms with Gasteiger partial charge in [0.1, 0.15) is 18.1 Å². The molecule has 3 atom stereocenters. The van der Waals surface area contributed by atoms with E-state index < -0.39 is 21.9 Å². The number of carbonyl (C=O) groups excluding carboxylic acids is 1. The van der Waals surface area contributed by atoms with E-state index >= 15 is 0 Å². The molecule has 0 saturated heterocycles. The smallest absolute Gasteiger partial charge is 0.305 e. The van der Waals surface area contributed by atoms with Crippen molar-refractivity contribution in [2.45, 2.75) is 56.9 Å². The molecule has 3 rings (SSSR count). The Morgan fingerprint density at radius 3 is 2.74 bits per heavy atom. The Labute approximate surface area is 199 Å². The van der Waals surface area contributed by atoms with Crippen LogP contribution in [0.4, 0.5) is 4.39 Å². The molecule has 0 aliphatic carbocycles. The van der Waals surface area contributed by atoms with Crippen LogP contribution in [0.3, 0.4) is 0 Å². The number of cyclic esters (lactones) is 1. The SMILES string of the molecule is C[C@@H]1COC(=O)CCCn2cc(nn2)CO[C@H](CN(C)S(=O)(=O)c2ccc(F)cc2)[C@H](C)CN1. The second-order valence-electron chi connectivity index (χ2n) is 8.64. The van der Waals surface area contributed by atoms with E-state index in [0.29, 0.717) is 31.6 Å². The van der Waals surface area contributed by atoms with Gasteiger partial charge in [0.2, 0.25) is 10.0 Å². The summed E-state index contributed by atoms with van der Waals surface area (Å²) in [6.07, 6.45) is 2.15. The number of esters is 1. The van der Waals surface area contributed by atoms with E-state index in [0.717, 1.165) is 12.1 Å². The van der Waals surface area contributed by atoms with E-state index in [1.807, 2.05) is 13.8 Å². The van der Waals surface area contributed by atoms with Gasteiger partial charge in [-0.3, -0.25) is 9.48 Å². The highest BCUT2D eigenvalue weighted by Crippen LogP contribution is 2.19. The summed E-state index contributed by atoms with van der Waals surface area (Å²) in [7, 11) is -2.36. The van der Waals surface area contributed by atoms with Gasteiger partial charge in [-0.1, -0.05) is 12.1 Å². The fourth-order valence-electron chi connectivity index (χ4n) is 3.49. The van der Waals surface area contributed by atoms with Crippen molar-refractivity contribution in [3.05, 3.63) is 42.0 Å². The lowest BCUT2D eigenvalue weighted by Gasteiger charge is -2.29. The third-order valence-electron chi connectivity index (χ3n) is 5.68. The Balaban J connectivity index is 1.75. The van der Waals surface area contributed by atoms with Gasteiger partial charge in [-0.15, -0.1) is 5.10 Å². The van der Waals surface area contributed by atoms with Crippen LogP contribution in [0.15, 0.2) is 35.4 Å². The summed E-state index contributed by atoms with van der Waals surface area (Å²) in [6.45, 7) is 5.39. The Bertz CT molecular complexity index is 1050. The van der Waals surface area contributed by atoms with Crippen LogP contribution >= 0.6 is 0 Å². The number of nitrogens with one attached hydrogen (secondary N) is 1. The number of benzene rings is 1. The summed E-state index contributed by atoms with van der Waals surface area (Å²) in [5.74, 6) is -0.857. The Morgan fingerprint density at radius 2 is 2.00 bits per heavy atom. The van der Waals surface area contributed by atoms with Crippen molar-refractivity contribution in [3.63, 3.8) is 0 Å². The number of hydrogen-bond acceptors (Lipinski definition) is 8. The lowest BCUT2D eigenvalue weighted by atomic mass is 10.0. The molecule has 1 aromatic carbocycles. The number of hydrogen-bond donors (Lipinski definition) is 1. The second-order valence-corrected chi connectivity index (χ2v) is 10.7. The molecule has 0 radical (unpaired) electrons. The molecular weight excluding hydrogens is 465 g/mol. The van der Waals surface area contributed by atoms with E-state index in [2.05, 4.69) is 15.6 Å². The van der Waals surface area contributed by atoms with Crippen molar-refractivity contribution in [2.24, 2.45) is 5.92 Å². The van der Waals surface area contributed by atoms with E-state index in [9.17, 15) is 17.6 Å². The summed E-state index contributed by atoms with van der Waals surface area (Å²) < 4.78 is 53.6. The number of sulfonamides is 1. The van der Waals surface area contributed by atoms with Crippen LogP contribution in [0.25, 0.3) is 0 Å². The van der Waals surface area contributed by atoms with Crippen LogP contribution in [0.2, 0.25) is 0 Å². The van der Waals surface area contributed by atoms with Gasteiger partial charge in [0.05, 0.1) is 23.8 Å². The van der Waals surface area contributed by atoms with Gasteiger partial charge in [0.15, 0.2) is 0 Å². The highest BCUT2D eigenvalue weighted by Gasteiger charge is 2.28. The molecule has 0 fully saturated rings. The molecule has 1 aromatic heterocycles. The van der Waals surface area contributed by atoms with Crippen LogP contribution in [0.5, 0.6) is 0 Å². The maximum absolute atomic E-state index is 13.3. The zero-order chi connectivity index (χ0) is 24.7. The minimum atomic E-state index is -3.83. The molecule has 188 valence electrons. The van der Waals surface area contributed by atoms with Crippen molar-refractivity contribution < 1.29 is 27.1 Å². The Kier molecular flexibility index (Phi) is 9.11. The molecule has 34 heavy (non-hydrogen) atoms. The number of aromatic nitrogens is 3. The molecule has 1 aliphatic heterocycles. The van der Waals surface area contributed by atoms with Gasteiger partial charge in [-0.2, -0.15) is 4.31 Å². The third-order valence-corrected chi connectivity index (χ3v) is 7.51. The topological polar surface area (TPSA) is 116 Å². The van der Waals surface area contributed by atoms with Crippen molar-refractivity contribution in [3.8, 4) is 0 Å². The molecule has 10 nitrogen and oxygen atoms in total. The molecule has 1 N–H and O–H groups in total. The van der Waals surface area contributed by atoms with Gasteiger partial charge < -0.3 is 14.8 Å². The Hall–Kier alpha value is -2.41. The highest BCUT2D eigenvalue weighted by molar-refractivity contribution is 7.89. The van der Waals surface area contributed by atoms with Crippen molar-refractivity contribution in [1.82, 2.24) is 24.6 Å². The number of likely N-dealkylation sites (N-methyl/N-ethyl adjacent to an activating group) is 1. The van der Waals surface area contributed by atoms with Crippen molar-refractivity contribution in [2.75, 3.05) is 26.7 Å². The second kappa shape index (κ2) is 11.8. The monoisotopic (exact) mass is 497 g/mol. The number of halogens is 1. The highest BCUT2D eigenvalue weighted by atomic mass is 32.2. The summed E-state index contributed by atoms with van der Waals surface area (Å²) in [5, 5.41) is 11.5. The van der Waals surface area contributed by atoms with Crippen LogP contribution in [0, 0.1) is 11.7 Å². The number of rotatable bonds is 4. The molecule has 0 amide bonds. The van der Waals surface area contributed by atoms with E-state index in [4.69, 9.17) is 9.47 Å². The first-order valence-corrected chi connectivity index (χ1v) is 12.7. The zero-order valence-electron chi connectivity index (χ0n) is 19.7. The molecule has 2 heterocycles. The van der Waals surface area contributed by atoms with E-state index in [-0.39, 0.29) is 42.6 Å². The van der Waals surface area contributed by atoms with Crippen LogP contribution in [-0.2, 0) is 37.4 Å². The van der Waals surface area contributed by atoms with E-state index in [1.54, 1.807) is 10.9 Å². The van der Waals surface area contributed by atoms with Crippen LogP contribution < -0.4 is 5.32 Å². The summed E-state index contributed by atoms with van der Waals surface area (Å²) in [6, 6.07) is 4.65. The van der Waals surface area contributed by atoms with Gasteiger partial charge in [0, 0.05) is 39.1 Å². The molecule has 1 aliphatic rings. The van der Waals surface area contributed by atoms with Crippen LogP contribution in [-0.4, -0.2) is 72.6 Å². The molecule has 2 bridgehead atoms. The molecular formula is C22H32FN5O5S. The quantitative estimate of drug-likeness (QED) is 0.633. The number of nitrogens with zero attached hydrogens (tertiary/aromatic N) is 4. The minimum absolute atomic E-state index is 0.00812. The largest absolute Gasteiger partial charge is 0.464 e. The number of aryl methyl sites for hydroxylation is 1. The molecule has 0 saturated carbocycles. The fourth-order valence-corrected chi connectivity index (χ4v) is 4.68. The minimum Gasteiger partial charge on any atom is -0.464 e. The average molecular weight is 498 g/mol. The maximum atomic E-state index is 13.3. The first kappa shape index (κ1) is 26.2. The summed E-state index contributed by atoms with van der Waals surface area (Å²) in [5.41, 5.74) is 0.609. The van der Waals surface area contributed by atoms with Gasteiger partial charge in [-0.05, 0) is 43.5 Å². The van der Waals surface area contributed by atoms with Crippen molar-refractivity contribution >= 4 is 16.0 Å². The van der Waals surface area contributed by atoms with Crippen LogP contribution in [0.1, 0.15) is 32.4 Å². The van der Waals surface area contributed by atoms with E-state index in [1.165, 1.54) is 23.5 Å². The molecule has 0 spiro atoms. The normalized spacial score (nSPS) is 23.6. The third kappa shape index (κ3) is 7.29. The van der Waals surface area contributed by atoms with Crippen molar-refractivity contribution in [1.29, 1.82) is 0 Å². The zero-order valence-corrected chi connectivity index (χ0v) is 20.5. The fraction of sp³-hybridized carbons (Fsp3) is 0.591. The number of carbonyl (C=O) groups is 1. The number of fused-ring (bicyclic) bond motifs is 2. The van der Waals surface area contributed by atoms with Gasteiger partial charge >= 0.3 is 5.97 Å². The first-order chi connectivity index (χ1) is 16.1. The number of ether oxygens (including phenoxy) is 2. The predicted molar refractivity (Wildman–Crippen MR) is 122 cm³/mol. The predicted octanol–water partition coefficient (Wildman–Crippen LogP) is 1.57. The van der Waals surface area contributed by atoms with Gasteiger partial charge in [-0.25, -0.2) is 12.8 Å². The first-order valence-electron chi connectivity index (χ1n) is 11.3. The Morgan fingerprint density at radius 1 is 1.26 bits per heavy atom. The molecule has 2 aromatic rings. The summed E-state index contributed by atoms with van der Waals surface area (Å²) in [4.78, 5) is 12.0. The molecule has 12 heteroatoms. The lowest BCUT2D eigenvalue weighted by molar-refractivity contribution is -0.144.